The lowest BCUT2D eigenvalue weighted by Gasteiger charge is -2.41. The second kappa shape index (κ2) is 6.49. The lowest BCUT2D eigenvalue weighted by Crippen LogP contribution is -2.54. The molecule has 2 nitrogen and oxygen atoms in total. The quantitative estimate of drug-likeness (QED) is 0.706. The molecule has 0 aromatic heterocycles. The summed E-state index contributed by atoms with van der Waals surface area (Å²) in [6.07, 6.45) is 4.80. The minimum atomic E-state index is 0.150. The maximum atomic E-state index is 6.31. The molecular formula is C13H30N2. The Hall–Kier alpha value is -0.0800. The predicted molar refractivity (Wildman–Crippen MR) is 69.0 cm³/mol. The Balaban J connectivity index is 4.10. The van der Waals surface area contributed by atoms with Gasteiger partial charge in [0.05, 0.1) is 0 Å². The Kier molecular flexibility index (Phi) is 6.46. The molecule has 0 aromatic carbocycles. The van der Waals surface area contributed by atoms with Crippen LogP contribution < -0.4 is 5.73 Å². The molecule has 0 radical (unpaired) electrons. The van der Waals surface area contributed by atoms with Crippen LogP contribution >= 0.6 is 0 Å². The number of nitrogens with zero attached hydrogens (tertiary/aromatic N) is 1. The lowest BCUT2D eigenvalue weighted by atomic mass is 9.85. The average Bonchev–Trinajstić information content (AvgIpc) is 2.15. The summed E-state index contributed by atoms with van der Waals surface area (Å²) >= 11 is 0. The van der Waals surface area contributed by atoms with Crippen LogP contribution in [0.1, 0.15) is 53.4 Å². The third-order valence-corrected chi connectivity index (χ3v) is 3.83. The van der Waals surface area contributed by atoms with Crippen molar-refractivity contribution in [3.8, 4) is 0 Å². The smallest absolute Gasteiger partial charge is 0.0323 e. The van der Waals surface area contributed by atoms with Crippen molar-refractivity contribution in [3.05, 3.63) is 0 Å². The van der Waals surface area contributed by atoms with E-state index < -0.39 is 0 Å². The zero-order chi connectivity index (χ0) is 12.1. The van der Waals surface area contributed by atoms with Gasteiger partial charge in [0.15, 0.2) is 0 Å². The molecule has 0 amide bonds. The van der Waals surface area contributed by atoms with Gasteiger partial charge in [0, 0.05) is 11.6 Å². The highest BCUT2D eigenvalue weighted by atomic mass is 15.2. The van der Waals surface area contributed by atoms with Crippen molar-refractivity contribution in [1.82, 2.24) is 4.90 Å². The molecule has 0 heterocycles. The number of hydrogen-bond acceptors (Lipinski definition) is 2. The molecule has 0 aromatic rings. The van der Waals surface area contributed by atoms with Gasteiger partial charge in [-0.1, -0.05) is 33.6 Å². The maximum absolute atomic E-state index is 6.31. The largest absolute Gasteiger partial charge is 0.326 e. The summed E-state index contributed by atoms with van der Waals surface area (Å²) in [4.78, 5) is 2.27. The Morgan fingerprint density at radius 2 is 1.73 bits per heavy atom. The third kappa shape index (κ3) is 4.52. The van der Waals surface area contributed by atoms with Crippen molar-refractivity contribution in [2.45, 2.75) is 65.0 Å². The summed E-state index contributed by atoms with van der Waals surface area (Å²) in [5.74, 6) is 0.796. The average molecular weight is 214 g/mol. The first-order valence-corrected chi connectivity index (χ1v) is 6.27. The van der Waals surface area contributed by atoms with Gasteiger partial charge in [-0.15, -0.1) is 0 Å². The second-order valence-corrected chi connectivity index (χ2v) is 5.54. The standard InChI is InChI=1S/C13H30N2/c1-7-13(4,15(5)6)12(14)10-8-9-11(2)3/h11-12H,7-10,14H2,1-6H3. The summed E-state index contributed by atoms with van der Waals surface area (Å²) in [7, 11) is 4.26. The van der Waals surface area contributed by atoms with Crippen LogP contribution in [0, 0.1) is 5.92 Å². The molecule has 2 N–H and O–H groups in total. The topological polar surface area (TPSA) is 29.3 Å². The molecule has 0 fully saturated rings. The van der Waals surface area contributed by atoms with E-state index in [4.69, 9.17) is 5.73 Å². The van der Waals surface area contributed by atoms with Crippen molar-refractivity contribution in [2.24, 2.45) is 11.7 Å². The lowest BCUT2D eigenvalue weighted by molar-refractivity contribution is 0.125. The Labute approximate surface area is 96.2 Å². The molecule has 0 spiro atoms. The van der Waals surface area contributed by atoms with Gasteiger partial charge in [0.2, 0.25) is 0 Å². The summed E-state index contributed by atoms with van der Waals surface area (Å²) < 4.78 is 0. The van der Waals surface area contributed by atoms with Crippen LogP contribution in [0.3, 0.4) is 0 Å². The summed E-state index contributed by atoms with van der Waals surface area (Å²) in [5, 5.41) is 0. The van der Waals surface area contributed by atoms with Gasteiger partial charge >= 0.3 is 0 Å². The van der Waals surface area contributed by atoms with Gasteiger partial charge in [0.1, 0.15) is 0 Å². The van der Waals surface area contributed by atoms with Crippen molar-refractivity contribution >= 4 is 0 Å². The van der Waals surface area contributed by atoms with Gasteiger partial charge in [-0.3, -0.25) is 0 Å². The fourth-order valence-corrected chi connectivity index (χ4v) is 1.97. The Bertz CT molecular complexity index is 166. The van der Waals surface area contributed by atoms with E-state index in [0.29, 0.717) is 0 Å². The van der Waals surface area contributed by atoms with Crippen molar-refractivity contribution in [2.75, 3.05) is 14.1 Å². The molecule has 0 rings (SSSR count). The van der Waals surface area contributed by atoms with E-state index in [9.17, 15) is 0 Å². The molecular weight excluding hydrogens is 184 g/mol. The molecule has 2 heteroatoms. The van der Waals surface area contributed by atoms with E-state index in [1.807, 2.05) is 0 Å². The first kappa shape index (κ1) is 14.9. The number of nitrogens with two attached hydrogens (primary N) is 1. The molecule has 2 unspecified atom stereocenters. The SMILES string of the molecule is CCC(C)(C(N)CCCC(C)C)N(C)C. The molecule has 0 aliphatic heterocycles. The van der Waals surface area contributed by atoms with Crippen LogP contribution in [0.15, 0.2) is 0 Å². The Morgan fingerprint density at radius 1 is 1.20 bits per heavy atom. The minimum Gasteiger partial charge on any atom is -0.326 e. The van der Waals surface area contributed by atoms with E-state index in [2.05, 4.69) is 46.7 Å². The molecule has 0 aliphatic rings. The summed E-state index contributed by atoms with van der Waals surface area (Å²) in [6, 6.07) is 0.288. The van der Waals surface area contributed by atoms with E-state index in [1.165, 1.54) is 12.8 Å². The minimum absolute atomic E-state index is 0.150. The molecule has 0 bridgehead atoms. The fraction of sp³-hybridized carbons (Fsp3) is 1.00. The third-order valence-electron chi connectivity index (χ3n) is 3.83. The second-order valence-electron chi connectivity index (χ2n) is 5.54. The number of likely N-dealkylation sites (N-methyl/N-ethyl adjacent to an activating group) is 1. The Morgan fingerprint density at radius 3 is 2.07 bits per heavy atom. The zero-order valence-electron chi connectivity index (χ0n) is 11.5. The highest BCUT2D eigenvalue weighted by Gasteiger charge is 2.31. The van der Waals surface area contributed by atoms with E-state index in [1.54, 1.807) is 0 Å². The van der Waals surface area contributed by atoms with E-state index in [0.717, 1.165) is 18.8 Å². The van der Waals surface area contributed by atoms with Crippen LogP contribution in [-0.2, 0) is 0 Å². The van der Waals surface area contributed by atoms with Gasteiger partial charge in [-0.25, -0.2) is 0 Å². The highest BCUT2D eigenvalue weighted by molar-refractivity contribution is 4.91. The molecule has 15 heavy (non-hydrogen) atoms. The highest BCUT2D eigenvalue weighted by Crippen LogP contribution is 2.23. The molecule has 0 aliphatic carbocycles. The van der Waals surface area contributed by atoms with Gasteiger partial charge < -0.3 is 10.6 Å². The van der Waals surface area contributed by atoms with E-state index in [-0.39, 0.29) is 11.6 Å². The van der Waals surface area contributed by atoms with Crippen LogP contribution in [0.2, 0.25) is 0 Å². The van der Waals surface area contributed by atoms with Crippen LogP contribution in [0.4, 0.5) is 0 Å². The summed E-state index contributed by atoms with van der Waals surface area (Å²) in [6.45, 7) is 9.04. The van der Waals surface area contributed by atoms with Crippen molar-refractivity contribution in [1.29, 1.82) is 0 Å². The fourth-order valence-electron chi connectivity index (χ4n) is 1.97. The van der Waals surface area contributed by atoms with Crippen LogP contribution in [0.5, 0.6) is 0 Å². The van der Waals surface area contributed by atoms with Gasteiger partial charge in [0.25, 0.3) is 0 Å². The van der Waals surface area contributed by atoms with Crippen molar-refractivity contribution < 1.29 is 0 Å². The normalized spacial score (nSPS) is 18.2. The molecule has 92 valence electrons. The monoisotopic (exact) mass is 214 g/mol. The summed E-state index contributed by atoms with van der Waals surface area (Å²) in [5.41, 5.74) is 6.46. The van der Waals surface area contributed by atoms with E-state index >= 15 is 0 Å². The van der Waals surface area contributed by atoms with Gasteiger partial charge in [-0.2, -0.15) is 0 Å². The van der Waals surface area contributed by atoms with Crippen LogP contribution in [0.25, 0.3) is 0 Å². The first-order valence-electron chi connectivity index (χ1n) is 6.27. The maximum Gasteiger partial charge on any atom is 0.0323 e. The zero-order valence-corrected chi connectivity index (χ0v) is 11.5. The number of hydrogen-bond donors (Lipinski definition) is 1. The first-order chi connectivity index (χ1) is 6.84. The predicted octanol–water partition coefficient (Wildman–Crippen LogP) is 2.87. The molecule has 2 atom stereocenters. The van der Waals surface area contributed by atoms with Crippen LogP contribution in [-0.4, -0.2) is 30.6 Å². The molecule has 0 saturated carbocycles. The molecule has 0 saturated heterocycles. The van der Waals surface area contributed by atoms with Gasteiger partial charge in [-0.05, 0) is 39.8 Å². The van der Waals surface area contributed by atoms with Crippen molar-refractivity contribution in [3.63, 3.8) is 0 Å². The number of rotatable bonds is 7.